The lowest BCUT2D eigenvalue weighted by Gasteiger charge is -2.26. The van der Waals surface area contributed by atoms with Crippen LogP contribution in [0.15, 0.2) is 30.1 Å². The predicted molar refractivity (Wildman–Crippen MR) is 108 cm³/mol. The molecule has 0 aliphatic heterocycles. The highest BCUT2D eigenvalue weighted by molar-refractivity contribution is 5.53. The van der Waals surface area contributed by atoms with Crippen LogP contribution in [0.5, 0.6) is 0 Å². The van der Waals surface area contributed by atoms with Gasteiger partial charge in [-0.15, -0.1) is 0 Å². The molecule has 0 aromatic carbocycles. The second-order valence-corrected chi connectivity index (χ2v) is 6.81. The summed E-state index contributed by atoms with van der Waals surface area (Å²) in [7, 11) is 3.32. The highest BCUT2D eigenvalue weighted by Gasteiger charge is 2.23. The lowest BCUT2D eigenvalue weighted by molar-refractivity contribution is -0.0397. The van der Waals surface area contributed by atoms with Gasteiger partial charge in [-0.05, 0) is 25.5 Å². The minimum atomic E-state index is -0.241. The summed E-state index contributed by atoms with van der Waals surface area (Å²) in [4.78, 5) is 8.91. The molecule has 1 aromatic heterocycles. The van der Waals surface area contributed by atoms with Gasteiger partial charge >= 0.3 is 0 Å². The van der Waals surface area contributed by atoms with Gasteiger partial charge in [0.15, 0.2) is 0 Å². The zero-order chi connectivity index (χ0) is 19.8. The Kier molecular flexibility index (Phi) is 7.73. The molecule has 7 heteroatoms. The van der Waals surface area contributed by atoms with Crippen molar-refractivity contribution >= 4 is 18.0 Å². The number of rotatable bonds is 10. The molecule has 1 N–H and O–H groups in total. The van der Waals surface area contributed by atoms with Gasteiger partial charge in [0.25, 0.3) is 0 Å². The molecule has 2 aliphatic carbocycles. The van der Waals surface area contributed by atoms with Crippen molar-refractivity contribution in [3.8, 4) is 0 Å². The molecule has 7 nitrogen and oxygen atoms in total. The van der Waals surface area contributed by atoms with Crippen LogP contribution in [0.2, 0.25) is 0 Å². The van der Waals surface area contributed by atoms with E-state index in [9.17, 15) is 0 Å². The third-order valence-corrected chi connectivity index (χ3v) is 4.64. The van der Waals surface area contributed by atoms with Gasteiger partial charge in [0.1, 0.15) is 24.4 Å². The Balaban J connectivity index is 1.85. The van der Waals surface area contributed by atoms with Gasteiger partial charge in [-0.2, -0.15) is 0 Å². The molecule has 0 saturated heterocycles. The van der Waals surface area contributed by atoms with Crippen LogP contribution in [0.25, 0.3) is 12.2 Å². The fourth-order valence-electron chi connectivity index (χ4n) is 3.27. The van der Waals surface area contributed by atoms with Crippen molar-refractivity contribution in [2.75, 3.05) is 46.0 Å². The van der Waals surface area contributed by atoms with E-state index in [1.165, 1.54) is 5.57 Å². The van der Waals surface area contributed by atoms with Crippen molar-refractivity contribution in [1.82, 2.24) is 9.97 Å². The number of nitrogens with one attached hydrogen (secondary N) is 1. The van der Waals surface area contributed by atoms with E-state index < -0.39 is 0 Å². The SMILES string of the molecule is COCCOC1C=c2ncnc(NC3C=C(C)C=CC3)c2=CC1OCCOC. The highest BCUT2D eigenvalue weighted by Crippen LogP contribution is 2.14. The van der Waals surface area contributed by atoms with Crippen LogP contribution in [0.1, 0.15) is 13.3 Å². The first-order valence-electron chi connectivity index (χ1n) is 9.58. The molecule has 0 bridgehead atoms. The van der Waals surface area contributed by atoms with E-state index in [1.54, 1.807) is 20.5 Å². The standard InChI is InChI=1S/C21H29N3O4/c1-15-5-4-6-16(11-15)24-21-17-12-19(27-9-7-25-2)20(28-10-8-26-3)13-18(17)22-14-23-21/h4-5,11-14,16,19-20H,6-10H2,1-3H3,(H,22,23,24). The quantitative estimate of drug-likeness (QED) is 0.595. The summed E-state index contributed by atoms with van der Waals surface area (Å²) in [5.41, 5.74) is 1.24. The van der Waals surface area contributed by atoms with Crippen LogP contribution in [-0.2, 0) is 18.9 Å². The summed E-state index contributed by atoms with van der Waals surface area (Å²) in [5.74, 6) is 0.807. The normalized spacial score (nSPS) is 23.4. The number of ether oxygens (including phenoxy) is 4. The molecule has 0 fully saturated rings. The first-order valence-corrected chi connectivity index (χ1v) is 9.58. The molecular weight excluding hydrogens is 358 g/mol. The lowest BCUT2D eigenvalue weighted by atomic mass is 10.0. The van der Waals surface area contributed by atoms with Crippen molar-refractivity contribution in [3.05, 3.63) is 40.7 Å². The minimum Gasteiger partial charge on any atom is -0.382 e. The largest absolute Gasteiger partial charge is 0.382 e. The maximum atomic E-state index is 6.00. The zero-order valence-corrected chi connectivity index (χ0v) is 16.8. The van der Waals surface area contributed by atoms with Gasteiger partial charge in [0, 0.05) is 25.5 Å². The Morgan fingerprint density at radius 2 is 1.68 bits per heavy atom. The average Bonchev–Trinajstić information content (AvgIpc) is 2.69. The molecule has 28 heavy (non-hydrogen) atoms. The molecule has 0 amide bonds. The zero-order valence-electron chi connectivity index (χ0n) is 16.8. The van der Waals surface area contributed by atoms with E-state index in [0.29, 0.717) is 26.4 Å². The maximum absolute atomic E-state index is 6.00. The average molecular weight is 387 g/mol. The summed E-state index contributed by atoms with van der Waals surface area (Å²) in [6, 6.07) is 0.209. The Labute approximate surface area is 165 Å². The molecule has 152 valence electrons. The molecule has 2 aliphatic rings. The summed E-state index contributed by atoms with van der Waals surface area (Å²) in [6.45, 7) is 4.12. The molecule has 3 unspecified atom stereocenters. The van der Waals surface area contributed by atoms with Crippen molar-refractivity contribution < 1.29 is 18.9 Å². The Bertz CT molecular complexity index is 821. The number of hydrogen-bond acceptors (Lipinski definition) is 7. The summed E-state index contributed by atoms with van der Waals surface area (Å²) in [5, 5.41) is 5.31. The van der Waals surface area contributed by atoms with Crippen molar-refractivity contribution in [3.63, 3.8) is 0 Å². The summed E-state index contributed by atoms with van der Waals surface area (Å²) >= 11 is 0. The van der Waals surface area contributed by atoms with Crippen molar-refractivity contribution in [2.24, 2.45) is 0 Å². The van der Waals surface area contributed by atoms with Crippen LogP contribution in [0, 0.1) is 0 Å². The smallest absolute Gasteiger partial charge is 0.137 e. The Morgan fingerprint density at radius 3 is 2.36 bits per heavy atom. The first kappa shape index (κ1) is 20.7. The number of hydrogen-bond donors (Lipinski definition) is 1. The molecule has 1 aromatic rings. The van der Waals surface area contributed by atoms with Crippen LogP contribution in [-0.4, -0.2) is 68.9 Å². The van der Waals surface area contributed by atoms with Gasteiger partial charge in [-0.3, -0.25) is 0 Å². The third kappa shape index (κ3) is 5.48. The number of anilines is 1. The van der Waals surface area contributed by atoms with E-state index in [-0.39, 0.29) is 18.2 Å². The molecule has 0 saturated carbocycles. The van der Waals surface area contributed by atoms with E-state index in [0.717, 1.165) is 22.8 Å². The number of methoxy groups -OCH3 is 2. The minimum absolute atomic E-state index is 0.209. The van der Waals surface area contributed by atoms with E-state index in [4.69, 9.17) is 18.9 Å². The highest BCUT2D eigenvalue weighted by atomic mass is 16.6. The summed E-state index contributed by atoms with van der Waals surface area (Å²) < 4.78 is 22.2. The van der Waals surface area contributed by atoms with E-state index >= 15 is 0 Å². The lowest BCUT2D eigenvalue weighted by Crippen LogP contribution is -2.44. The predicted octanol–water partition coefficient (Wildman–Crippen LogP) is 0.801. The van der Waals surface area contributed by atoms with Gasteiger partial charge in [-0.1, -0.05) is 23.8 Å². The Morgan fingerprint density at radius 1 is 0.964 bits per heavy atom. The number of nitrogens with zero attached hydrogens (tertiary/aromatic N) is 2. The molecular formula is C21H29N3O4. The third-order valence-electron chi connectivity index (χ3n) is 4.64. The van der Waals surface area contributed by atoms with Crippen molar-refractivity contribution in [2.45, 2.75) is 31.6 Å². The van der Waals surface area contributed by atoms with E-state index in [2.05, 4.69) is 40.4 Å². The second-order valence-electron chi connectivity index (χ2n) is 6.81. The van der Waals surface area contributed by atoms with Crippen LogP contribution in [0.3, 0.4) is 0 Å². The number of fused-ring (bicyclic) bond motifs is 1. The van der Waals surface area contributed by atoms with Crippen LogP contribution in [0.4, 0.5) is 5.82 Å². The fraction of sp³-hybridized carbons (Fsp3) is 0.524. The Hall–Kier alpha value is -2.06. The molecule has 0 spiro atoms. The maximum Gasteiger partial charge on any atom is 0.137 e. The number of aromatic nitrogens is 2. The summed E-state index contributed by atoms with van der Waals surface area (Å²) in [6.07, 6.45) is 12.6. The van der Waals surface area contributed by atoms with Gasteiger partial charge < -0.3 is 24.3 Å². The van der Waals surface area contributed by atoms with Gasteiger partial charge in [-0.25, -0.2) is 9.97 Å². The monoisotopic (exact) mass is 387 g/mol. The van der Waals surface area contributed by atoms with Crippen LogP contribution >= 0.6 is 0 Å². The molecule has 0 radical (unpaired) electrons. The first-order chi connectivity index (χ1) is 13.7. The fourth-order valence-corrected chi connectivity index (χ4v) is 3.27. The van der Waals surface area contributed by atoms with Gasteiger partial charge in [0.05, 0.1) is 31.8 Å². The van der Waals surface area contributed by atoms with E-state index in [1.807, 2.05) is 12.2 Å². The van der Waals surface area contributed by atoms with Crippen LogP contribution < -0.4 is 15.9 Å². The topological polar surface area (TPSA) is 74.7 Å². The molecule has 3 atom stereocenters. The number of allylic oxidation sites excluding steroid dienone is 2. The van der Waals surface area contributed by atoms with Crippen molar-refractivity contribution in [1.29, 1.82) is 0 Å². The molecule has 1 heterocycles. The van der Waals surface area contributed by atoms with Gasteiger partial charge in [0.2, 0.25) is 0 Å². The second kappa shape index (κ2) is 10.5. The molecule has 3 rings (SSSR count).